The summed E-state index contributed by atoms with van der Waals surface area (Å²) in [7, 11) is -5.16. The van der Waals surface area contributed by atoms with Crippen LogP contribution in [0.3, 0.4) is 0 Å². The monoisotopic (exact) mass is 499 g/mol. The van der Waals surface area contributed by atoms with E-state index in [0.717, 1.165) is 0 Å². The molecule has 1 amide bonds. The molecule has 33 heavy (non-hydrogen) atoms. The van der Waals surface area contributed by atoms with E-state index in [2.05, 4.69) is 0 Å². The minimum Gasteiger partial charge on any atom is -0.460 e. The highest BCUT2D eigenvalue weighted by atomic mass is 32.2. The van der Waals surface area contributed by atoms with Gasteiger partial charge in [-0.25, -0.2) is 0 Å². The molecular formula is C20H28F3NO8S. The third kappa shape index (κ3) is 4.33. The van der Waals surface area contributed by atoms with Gasteiger partial charge in [-0.3, -0.25) is 18.9 Å². The number of carbonyl (C=O) groups excluding carboxylic acids is 3. The number of esters is 2. The molecule has 188 valence electrons. The predicted octanol–water partition coefficient (Wildman–Crippen LogP) is 1.81. The average Bonchev–Trinajstić information content (AvgIpc) is 3.21. The zero-order chi connectivity index (χ0) is 25.3. The Kier molecular flexibility index (Phi) is 6.32. The van der Waals surface area contributed by atoms with Crippen LogP contribution in [0.4, 0.5) is 13.2 Å². The van der Waals surface area contributed by atoms with Gasteiger partial charge >= 0.3 is 18.1 Å². The minimum absolute atomic E-state index is 0.279. The molecule has 0 aromatic carbocycles. The minimum atomic E-state index is -5.31. The normalized spacial score (nSPS) is 33.1. The van der Waals surface area contributed by atoms with Crippen LogP contribution in [0.25, 0.3) is 0 Å². The van der Waals surface area contributed by atoms with E-state index < -0.39 is 87.2 Å². The Labute approximate surface area is 189 Å². The van der Waals surface area contributed by atoms with Crippen molar-refractivity contribution < 1.29 is 50.0 Å². The van der Waals surface area contributed by atoms with Crippen molar-refractivity contribution in [3.05, 3.63) is 0 Å². The summed E-state index contributed by atoms with van der Waals surface area (Å²) in [5, 5.41) is 0. The number of hydrogen-bond acceptors (Lipinski definition) is 7. The number of likely N-dealkylation sites (tertiary alicyclic amines) is 1. The Morgan fingerprint density at radius 3 is 2.21 bits per heavy atom. The number of alkyl halides is 3. The lowest BCUT2D eigenvalue weighted by Gasteiger charge is -2.37. The molecule has 0 radical (unpaired) electrons. The molecule has 0 aromatic heterocycles. The number of hydrogen-bond donors (Lipinski definition) is 1. The zero-order valence-electron chi connectivity index (χ0n) is 18.8. The van der Waals surface area contributed by atoms with Gasteiger partial charge in [0.15, 0.2) is 0 Å². The van der Waals surface area contributed by atoms with E-state index in [-0.39, 0.29) is 12.5 Å². The van der Waals surface area contributed by atoms with Crippen molar-refractivity contribution >= 4 is 28.0 Å². The first-order valence-corrected chi connectivity index (χ1v) is 12.3. The lowest BCUT2D eigenvalue weighted by Crippen LogP contribution is -2.54. The van der Waals surface area contributed by atoms with Gasteiger partial charge in [0.25, 0.3) is 10.1 Å². The topological polar surface area (TPSA) is 127 Å². The van der Waals surface area contributed by atoms with Gasteiger partial charge < -0.3 is 14.4 Å². The van der Waals surface area contributed by atoms with Gasteiger partial charge in [0, 0.05) is 12.0 Å². The molecule has 3 fully saturated rings. The first-order chi connectivity index (χ1) is 14.9. The second-order valence-electron chi connectivity index (χ2n) is 9.88. The molecule has 2 saturated carbocycles. The summed E-state index contributed by atoms with van der Waals surface area (Å²) >= 11 is 0. The van der Waals surface area contributed by atoms with Crippen LogP contribution in [0.15, 0.2) is 0 Å². The molecule has 1 saturated heterocycles. The lowest BCUT2D eigenvalue weighted by molar-refractivity contribution is -0.259. The third-order valence-corrected chi connectivity index (χ3v) is 7.76. The molecular weight excluding hydrogens is 471 g/mol. The maximum absolute atomic E-state index is 13.6. The maximum Gasteiger partial charge on any atom is 0.429 e. The highest BCUT2D eigenvalue weighted by Gasteiger charge is 2.72. The van der Waals surface area contributed by atoms with Crippen LogP contribution in [0.2, 0.25) is 0 Å². The molecule has 3 aliphatic rings. The van der Waals surface area contributed by atoms with Gasteiger partial charge in [-0.05, 0) is 33.1 Å². The molecule has 2 aliphatic carbocycles. The molecule has 2 bridgehead atoms. The molecule has 7 unspecified atom stereocenters. The summed E-state index contributed by atoms with van der Waals surface area (Å²) < 4.78 is 82.7. The molecule has 1 aliphatic heterocycles. The molecule has 7 atom stereocenters. The van der Waals surface area contributed by atoms with Crippen molar-refractivity contribution in [3.63, 3.8) is 0 Å². The third-order valence-electron chi connectivity index (χ3n) is 6.85. The summed E-state index contributed by atoms with van der Waals surface area (Å²) in [6.07, 6.45) is -5.93. The smallest absolute Gasteiger partial charge is 0.429 e. The molecule has 9 nitrogen and oxygen atoms in total. The van der Waals surface area contributed by atoms with E-state index in [9.17, 15) is 36.0 Å². The standard InChI is InChI=1S/C20H28F3NO8S/c1-8(2)17(26)31-15-11-6-10-12(16(25)24(9(3)4)14(10)15)13(11)18(27)32-19(5,20(21,22)23)7-33(28,29)30/h8-15H,6-7H2,1-5H3,(H,28,29,30). The first-order valence-electron chi connectivity index (χ1n) is 10.7. The molecule has 0 spiro atoms. The number of carbonyl (C=O) groups is 3. The molecule has 1 N–H and O–H groups in total. The fourth-order valence-electron chi connectivity index (χ4n) is 5.50. The fraction of sp³-hybridized carbons (Fsp3) is 0.850. The van der Waals surface area contributed by atoms with Crippen LogP contribution >= 0.6 is 0 Å². The van der Waals surface area contributed by atoms with Crippen LogP contribution in [-0.4, -0.2) is 71.4 Å². The maximum atomic E-state index is 13.6. The van der Waals surface area contributed by atoms with Crippen molar-refractivity contribution in [2.75, 3.05) is 5.75 Å². The number of ether oxygens (including phenoxy) is 2. The van der Waals surface area contributed by atoms with Crippen LogP contribution in [0, 0.1) is 29.6 Å². The van der Waals surface area contributed by atoms with Crippen molar-refractivity contribution in [1.82, 2.24) is 4.90 Å². The van der Waals surface area contributed by atoms with Crippen molar-refractivity contribution in [2.24, 2.45) is 29.6 Å². The quantitative estimate of drug-likeness (QED) is 0.415. The van der Waals surface area contributed by atoms with Crippen molar-refractivity contribution in [3.8, 4) is 0 Å². The molecule has 3 rings (SSSR count). The number of nitrogens with zero attached hydrogens (tertiary/aromatic N) is 1. The summed E-state index contributed by atoms with van der Waals surface area (Å²) in [5.41, 5.74) is -3.53. The average molecular weight is 500 g/mol. The Morgan fingerprint density at radius 1 is 1.18 bits per heavy atom. The highest BCUT2D eigenvalue weighted by molar-refractivity contribution is 7.85. The van der Waals surface area contributed by atoms with Gasteiger partial charge in [-0.15, -0.1) is 0 Å². The Balaban J connectivity index is 1.97. The van der Waals surface area contributed by atoms with Gasteiger partial charge in [0.05, 0.1) is 23.8 Å². The van der Waals surface area contributed by atoms with Crippen molar-refractivity contribution in [1.29, 1.82) is 0 Å². The van der Waals surface area contributed by atoms with Crippen LogP contribution < -0.4 is 0 Å². The van der Waals surface area contributed by atoms with Gasteiger partial charge in [-0.2, -0.15) is 21.6 Å². The summed E-state index contributed by atoms with van der Waals surface area (Å²) in [6, 6.07) is -0.796. The van der Waals surface area contributed by atoms with Crippen LogP contribution in [0.5, 0.6) is 0 Å². The largest absolute Gasteiger partial charge is 0.460 e. The van der Waals surface area contributed by atoms with Crippen LogP contribution in [-0.2, 0) is 34.0 Å². The van der Waals surface area contributed by atoms with E-state index in [1.54, 1.807) is 27.7 Å². The Hall–Kier alpha value is -1.89. The second kappa shape index (κ2) is 8.10. The van der Waals surface area contributed by atoms with E-state index in [1.165, 1.54) is 4.90 Å². The van der Waals surface area contributed by atoms with Crippen LogP contribution in [0.1, 0.15) is 41.0 Å². The van der Waals surface area contributed by atoms with Crippen molar-refractivity contribution in [2.45, 2.75) is 71.0 Å². The Bertz CT molecular complexity index is 949. The number of rotatable bonds is 7. The van der Waals surface area contributed by atoms with E-state index in [1.807, 2.05) is 0 Å². The molecule has 1 heterocycles. The van der Waals surface area contributed by atoms with Gasteiger partial charge in [0.1, 0.15) is 11.9 Å². The first kappa shape index (κ1) is 25.7. The van der Waals surface area contributed by atoms with E-state index in [4.69, 9.17) is 14.0 Å². The molecule has 13 heteroatoms. The van der Waals surface area contributed by atoms with E-state index in [0.29, 0.717) is 6.92 Å². The van der Waals surface area contributed by atoms with Gasteiger partial charge in [-0.1, -0.05) is 13.8 Å². The second-order valence-corrected chi connectivity index (χ2v) is 11.3. The fourth-order valence-corrected chi connectivity index (χ4v) is 6.42. The zero-order valence-corrected chi connectivity index (χ0v) is 19.6. The number of fused-ring (bicyclic) bond motifs is 1. The molecule has 0 aromatic rings. The predicted molar refractivity (Wildman–Crippen MR) is 106 cm³/mol. The lowest BCUT2D eigenvalue weighted by atomic mass is 9.78. The summed E-state index contributed by atoms with van der Waals surface area (Å²) in [6.45, 7) is 7.05. The SMILES string of the molecule is CC(C)C(=O)OC1C2CC3C(C(=O)N(C(C)C)C31)C2C(=O)OC(C)(CS(=O)(=O)O)C(F)(F)F. The highest BCUT2D eigenvalue weighted by Crippen LogP contribution is 2.60. The Morgan fingerprint density at radius 2 is 1.76 bits per heavy atom. The number of halogens is 3. The van der Waals surface area contributed by atoms with Gasteiger partial charge in [0.2, 0.25) is 11.5 Å². The number of amides is 1. The summed E-state index contributed by atoms with van der Waals surface area (Å²) in [4.78, 5) is 40.0. The van der Waals surface area contributed by atoms with E-state index >= 15 is 0 Å². The summed E-state index contributed by atoms with van der Waals surface area (Å²) in [5.74, 6) is -8.25.